The minimum absolute atomic E-state index is 0.00366. The first-order valence-corrected chi connectivity index (χ1v) is 11.4. The molecule has 166 valence electrons. The maximum atomic E-state index is 13.9. The van der Waals surface area contributed by atoms with Gasteiger partial charge in [-0.05, 0) is 31.2 Å². The SMILES string of the molecule is CC(C(=O)N1CSCC1C(=O)Nc1ccccc1F)N1C(=O)c2cc(Cl)c(Cl)cc2C1=O. The Morgan fingerprint density at radius 1 is 1.12 bits per heavy atom. The Labute approximate surface area is 196 Å². The molecule has 2 aliphatic rings. The van der Waals surface area contributed by atoms with Crippen molar-refractivity contribution >= 4 is 64.3 Å². The second-order valence-electron chi connectivity index (χ2n) is 7.26. The number of para-hydroxylation sites is 1. The molecule has 2 aromatic rings. The first-order chi connectivity index (χ1) is 15.2. The molecule has 0 spiro atoms. The summed E-state index contributed by atoms with van der Waals surface area (Å²) in [7, 11) is 0. The Kier molecular flexibility index (Phi) is 6.15. The fraction of sp³-hybridized carbons (Fsp3) is 0.238. The third kappa shape index (κ3) is 3.85. The van der Waals surface area contributed by atoms with E-state index in [1.807, 2.05) is 0 Å². The van der Waals surface area contributed by atoms with Crippen LogP contribution in [0.2, 0.25) is 10.0 Å². The number of amides is 4. The van der Waals surface area contributed by atoms with Crippen molar-refractivity contribution < 1.29 is 23.6 Å². The van der Waals surface area contributed by atoms with E-state index in [-0.39, 0.29) is 32.7 Å². The van der Waals surface area contributed by atoms with Crippen molar-refractivity contribution in [2.45, 2.75) is 19.0 Å². The van der Waals surface area contributed by atoms with Crippen molar-refractivity contribution in [1.29, 1.82) is 0 Å². The number of halogens is 3. The summed E-state index contributed by atoms with van der Waals surface area (Å²) in [4.78, 5) is 53.7. The number of nitrogens with one attached hydrogen (secondary N) is 1. The van der Waals surface area contributed by atoms with Crippen molar-refractivity contribution in [3.05, 3.63) is 63.4 Å². The van der Waals surface area contributed by atoms with Gasteiger partial charge in [0.1, 0.15) is 17.9 Å². The van der Waals surface area contributed by atoms with Gasteiger partial charge in [-0.2, -0.15) is 0 Å². The summed E-state index contributed by atoms with van der Waals surface area (Å²) >= 11 is 13.3. The average Bonchev–Trinajstić information content (AvgIpc) is 3.34. The van der Waals surface area contributed by atoms with Gasteiger partial charge in [-0.25, -0.2) is 4.39 Å². The summed E-state index contributed by atoms with van der Waals surface area (Å²) in [6.45, 7) is 1.42. The molecule has 1 N–H and O–H groups in total. The van der Waals surface area contributed by atoms with Crippen LogP contribution in [0.5, 0.6) is 0 Å². The maximum Gasteiger partial charge on any atom is 0.262 e. The largest absolute Gasteiger partial charge is 0.322 e. The lowest BCUT2D eigenvalue weighted by Gasteiger charge is -2.29. The van der Waals surface area contributed by atoms with Crippen LogP contribution in [0, 0.1) is 5.82 Å². The predicted octanol–water partition coefficient (Wildman–Crippen LogP) is 3.66. The highest BCUT2D eigenvalue weighted by atomic mass is 35.5. The second-order valence-corrected chi connectivity index (χ2v) is 9.08. The van der Waals surface area contributed by atoms with Gasteiger partial charge in [-0.1, -0.05) is 35.3 Å². The number of imide groups is 1. The summed E-state index contributed by atoms with van der Waals surface area (Å²) in [6.07, 6.45) is 0. The van der Waals surface area contributed by atoms with Crippen LogP contribution in [0.15, 0.2) is 36.4 Å². The van der Waals surface area contributed by atoms with Crippen LogP contribution in [0.4, 0.5) is 10.1 Å². The van der Waals surface area contributed by atoms with Crippen molar-refractivity contribution in [1.82, 2.24) is 9.80 Å². The number of carbonyl (C=O) groups excluding carboxylic acids is 4. The van der Waals surface area contributed by atoms with E-state index < -0.39 is 41.5 Å². The monoisotopic (exact) mass is 495 g/mol. The van der Waals surface area contributed by atoms with Crippen LogP contribution in [0.1, 0.15) is 27.6 Å². The molecule has 0 bridgehead atoms. The summed E-state index contributed by atoms with van der Waals surface area (Å²) in [6, 6.07) is 6.25. The molecule has 0 radical (unpaired) electrons. The van der Waals surface area contributed by atoms with Crippen LogP contribution in [0.3, 0.4) is 0 Å². The maximum absolute atomic E-state index is 13.9. The smallest absolute Gasteiger partial charge is 0.262 e. The molecule has 0 saturated carbocycles. The zero-order valence-electron chi connectivity index (χ0n) is 16.6. The molecule has 7 nitrogen and oxygen atoms in total. The van der Waals surface area contributed by atoms with E-state index in [0.29, 0.717) is 5.75 Å². The number of thioether (sulfide) groups is 1. The van der Waals surface area contributed by atoms with Crippen LogP contribution in [-0.2, 0) is 9.59 Å². The lowest BCUT2D eigenvalue weighted by molar-refractivity contribution is -0.139. The number of anilines is 1. The molecule has 4 rings (SSSR count). The molecule has 32 heavy (non-hydrogen) atoms. The third-order valence-electron chi connectivity index (χ3n) is 5.30. The lowest BCUT2D eigenvalue weighted by Crippen LogP contribution is -2.53. The minimum atomic E-state index is -1.16. The molecule has 2 heterocycles. The van der Waals surface area contributed by atoms with Crippen LogP contribution in [-0.4, -0.2) is 57.1 Å². The molecule has 0 aliphatic carbocycles. The summed E-state index contributed by atoms with van der Waals surface area (Å²) in [5.41, 5.74) is 0.131. The second kappa shape index (κ2) is 8.73. The molecular weight excluding hydrogens is 480 g/mol. The Morgan fingerprint density at radius 3 is 2.31 bits per heavy atom. The Balaban J connectivity index is 1.53. The van der Waals surface area contributed by atoms with Crippen molar-refractivity contribution in [3.8, 4) is 0 Å². The van der Waals surface area contributed by atoms with Gasteiger partial charge in [0, 0.05) is 5.75 Å². The Hall–Kier alpha value is -2.62. The van der Waals surface area contributed by atoms with Gasteiger partial charge < -0.3 is 10.2 Å². The quantitative estimate of drug-likeness (QED) is 0.654. The first kappa shape index (κ1) is 22.6. The number of carbonyl (C=O) groups is 4. The minimum Gasteiger partial charge on any atom is -0.322 e. The molecule has 2 aliphatic heterocycles. The van der Waals surface area contributed by atoms with E-state index >= 15 is 0 Å². The molecule has 2 aromatic carbocycles. The molecule has 1 fully saturated rings. The van der Waals surface area contributed by atoms with Gasteiger partial charge in [0.15, 0.2) is 0 Å². The van der Waals surface area contributed by atoms with Gasteiger partial charge in [0.25, 0.3) is 11.8 Å². The average molecular weight is 496 g/mol. The third-order valence-corrected chi connectivity index (χ3v) is 7.04. The zero-order chi connectivity index (χ0) is 23.2. The van der Waals surface area contributed by atoms with Gasteiger partial charge in [-0.15, -0.1) is 11.8 Å². The lowest BCUT2D eigenvalue weighted by atomic mass is 10.1. The van der Waals surface area contributed by atoms with E-state index in [2.05, 4.69) is 5.32 Å². The predicted molar refractivity (Wildman–Crippen MR) is 119 cm³/mol. The van der Waals surface area contributed by atoms with E-state index in [0.717, 1.165) is 4.90 Å². The van der Waals surface area contributed by atoms with E-state index in [1.165, 1.54) is 53.9 Å². The fourth-order valence-electron chi connectivity index (χ4n) is 3.61. The summed E-state index contributed by atoms with van der Waals surface area (Å²) in [5, 5.41) is 2.73. The van der Waals surface area contributed by atoms with Gasteiger partial charge in [0.2, 0.25) is 11.8 Å². The zero-order valence-corrected chi connectivity index (χ0v) is 18.9. The fourth-order valence-corrected chi connectivity index (χ4v) is 5.10. The molecule has 4 amide bonds. The number of fused-ring (bicyclic) bond motifs is 1. The normalized spacial score (nSPS) is 18.7. The first-order valence-electron chi connectivity index (χ1n) is 9.51. The van der Waals surface area contributed by atoms with Gasteiger partial charge in [-0.3, -0.25) is 24.1 Å². The van der Waals surface area contributed by atoms with E-state index in [9.17, 15) is 23.6 Å². The topological polar surface area (TPSA) is 86.8 Å². The number of hydrogen-bond donors (Lipinski definition) is 1. The molecule has 2 atom stereocenters. The van der Waals surface area contributed by atoms with E-state index in [4.69, 9.17) is 23.2 Å². The molecular formula is C21H16Cl2FN3O4S. The Bertz CT molecular complexity index is 1120. The highest BCUT2D eigenvalue weighted by Gasteiger charge is 2.45. The summed E-state index contributed by atoms with van der Waals surface area (Å²) < 4.78 is 13.9. The standard InChI is InChI=1S/C21H16Cl2FN3O4S/c1-10(27-20(30)11-6-13(22)14(23)7-12(11)21(27)31)19(29)26-9-32-8-17(26)18(28)25-16-5-3-2-4-15(16)24/h2-7,10,17H,8-9H2,1H3,(H,25,28). The molecule has 11 heteroatoms. The highest BCUT2D eigenvalue weighted by Crippen LogP contribution is 2.33. The van der Waals surface area contributed by atoms with Crippen LogP contribution < -0.4 is 5.32 Å². The highest BCUT2D eigenvalue weighted by molar-refractivity contribution is 7.99. The molecule has 0 aromatic heterocycles. The van der Waals surface area contributed by atoms with Crippen molar-refractivity contribution in [2.75, 3.05) is 16.9 Å². The number of hydrogen-bond acceptors (Lipinski definition) is 5. The molecule has 1 saturated heterocycles. The number of nitrogens with zero attached hydrogens (tertiary/aromatic N) is 2. The van der Waals surface area contributed by atoms with E-state index in [1.54, 1.807) is 6.07 Å². The summed E-state index contributed by atoms with van der Waals surface area (Å²) in [5.74, 6) is -2.56. The number of rotatable bonds is 4. The molecule has 2 unspecified atom stereocenters. The van der Waals surface area contributed by atoms with Gasteiger partial charge in [0.05, 0.1) is 32.7 Å². The number of benzene rings is 2. The van der Waals surface area contributed by atoms with Crippen LogP contribution in [0.25, 0.3) is 0 Å². The van der Waals surface area contributed by atoms with Crippen molar-refractivity contribution in [3.63, 3.8) is 0 Å². The van der Waals surface area contributed by atoms with Crippen molar-refractivity contribution in [2.24, 2.45) is 0 Å². The Morgan fingerprint density at radius 2 is 1.72 bits per heavy atom. The van der Waals surface area contributed by atoms with Crippen LogP contribution >= 0.6 is 35.0 Å². The van der Waals surface area contributed by atoms with Gasteiger partial charge >= 0.3 is 0 Å².